The molecular weight excluding hydrogens is 340 g/mol. The Hall–Kier alpha value is -3.35. The van der Waals surface area contributed by atoms with Crippen LogP contribution in [-0.4, -0.2) is 34.9 Å². The standard InChI is InChI=1S/C20H20N6O/c1-13(2)26-10-18(24-12-26)20(27)6-16-4-14-5-17(19-9-21-11-25(19)3)23-8-15(14)7-22-16/h4-5,7-13H,6H2,1-3H3. The van der Waals surface area contributed by atoms with Crippen LogP contribution in [0, 0.1) is 0 Å². The molecule has 0 bridgehead atoms. The molecule has 4 aromatic rings. The molecule has 0 aliphatic carbocycles. The Labute approximate surface area is 156 Å². The van der Waals surface area contributed by atoms with Crippen LogP contribution in [0.5, 0.6) is 0 Å². The number of carbonyl (C=O) groups is 1. The van der Waals surface area contributed by atoms with E-state index in [2.05, 4.69) is 33.8 Å². The molecule has 0 atom stereocenters. The molecule has 0 saturated carbocycles. The van der Waals surface area contributed by atoms with Crippen LogP contribution in [-0.2, 0) is 13.5 Å². The van der Waals surface area contributed by atoms with Crippen LogP contribution in [0.2, 0.25) is 0 Å². The molecule has 0 amide bonds. The van der Waals surface area contributed by atoms with E-state index in [1.807, 2.05) is 28.3 Å². The number of nitrogens with zero attached hydrogens (tertiary/aromatic N) is 6. The first-order valence-electron chi connectivity index (χ1n) is 8.79. The van der Waals surface area contributed by atoms with Gasteiger partial charge in [-0.3, -0.25) is 14.8 Å². The molecule has 27 heavy (non-hydrogen) atoms. The maximum atomic E-state index is 12.5. The summed E-state index contributed by atoms with van der Waals surface area (Å²) in [4.78, 5) is 29.8. The zero-order valence-electron chi connectivity index (χ0n) is 15.5. The molecular formula is C20H20N6O. The zero-order chi connectivity index (χ0) is 19.0. The maximum Gasteiger partial charge on any atom is 0.188 e. The second kappa shape index (κ2) is 6.75. The van der Waals surface area contributed by atoms with Crippen molar-refractivity contribution in [3.63, 3.8) is 0 Å². The molecule has 4 rings (SSSR count). The van der Waals surface area contributed by atoms with E-state index in [-0.39, 0.29) is 18.2 Å². The van der Waals surface area contributed by atoms with Crippen molar-refractivity contribution in [1.29, 1.82) is 0 Å². The predicted molar refractivity (Wildman–Crippen MR) is 102 cm³/mol. The lowest BCUT2D eigenvalue weighted by molar-refractivity contribution is 0.0987. The second-order valence-electron chi connectivity index (χ2n) is 6.88. The van der Waals surface area contributed by atoms with E-state index >= 15 is 0 Å². The Balaban J connectivity index is 1.62. The second-order valence-corrected chi connectivity index (χ2v) is 6.88. The Morgan fingerprint density at radius 2 is 1.85 bits per heavy atom. The average molecular weight is 360 g/mol. The fraction of sp³-hybridized carbons (Fsp3) is 0.250. The lowest BCUT2D eigenvalue weighted by Crippen LogP contribution is -2.06. The molecule has 0 saturated heterocycles. The van der Waals surface area contributed by atoms with Crippen molar-refractivity contribution in [2.45, 2.75) is 26.3 Å². The Morgan fingerprint density at radius 1 is 1.04 bits per heavy atom. The van der Waals surface area contributed by atoms with Crippen LogP contribution in [0.4, 0.5) is 0 Å². The van der Waals surface area contributed by atoms with Crippen LogP contribution in [0.25, 0.3) is 22.2 Å². The fourth-order valence-electron chi connectivity index (χ4n) is 2.94. The largest absolute Gasteiger partial charge is 0.334 e. The normalized spacial score (nSPS) is 11.4. The summed E-state index contributed by atoms with van der Waals surface area (Å²) in [6.45, 7) is 4.10. The summed E-state index contributed by atoms with van der Waals surface area (Å²) in [5.41, 5.74) is 2.96. The number of hydrogen-bond acceptors (Lipinski definition) is 5. The summed E-state index contributed by atoms with van der Waals surface area (Å²) in [5, 5.41) is 1.92. The smallest absolute Gasteiger partial charge is 0.188 e. The van der Waals surface area contributed by atoms with E-state index in [4.69, 9.17) is 0 Å². The van der Waals surface area contributed by atoms with Gasteiger partial charge in [-0.15, -0.1) is 0 Å². The van der Waals surface area contributed by atoms with E-state index in [0.29, 0.717) is 11.4 Å². The summed E-state index contributed by atoms with van der Waals surface area (Å²) < 4.78 is 3.84. The van der Waals surface area contributed by atoms with Gasteiger partial charge in [0.15, 0.2) is 5.78 Å². The minimum atomic E-state index is -0.0397. The molecule has 0 N–H and O–H groups in total. The number of ketones is 1. The summed E-state index contributed by atoms with van der Waals surface area (Å²) in [6, 6.07) is 4.21. The van der Waals surface area contributed by atoms with Gasteiger partial charge < -0.3 is 9.13 Å². The highest BCUT2D eigenvalue weighted by atomic mass is 16.1. The average Bonchev–Trinajstić information content (AvgIpc) is 3.30. The molecule has 0 aromatic carbocycles. The third kappa shape index (κ3) is 3.36. The minimum absolute atomic E-state index is 0.0397. The molecule has 136 valence electrons. The SMILES string of the molecule is CC(C)n1cnc(C(=O)Cc2cc3cc(-c4cncn4C)ncc3cn2)c1. The highest BCUT2D eigenvalue weighted by Crippen LogP contribution is 2.22. The third-order valence-electron chi connectivity index (χ3n) is 4.56. The van der Waals surface area contributed by atoms with Gasteiger partial charge in [0.1, 0.15) is 5.69 Å². The van der Waals surface area contributed by atoms with Gasteiger partial charge >= 0.3 is 0 Å². The quantitative estimate of drug-likeness (QED) is 0.511. The predicted octanol–water partition coefficient (Wildman–Crippen LogP) is 3.23. The summed E-state index contributed by atoms with van der Waals surface area (Å²) in [6.07, 6.45) is 10.8. The van der Waals surface area contributed by atoms with Crippen LogP contribution >= 0.6 is 0 Å². The molecule has 0 aliphatic heterocycles. The van der Waals surface area contributed by atoms with Crippen molar-refractivity contribution < 1.29 is 4.79 Å². The van der Waals surface area contributed by atoms with Gasteiger partial charge in [-0.05, 0) is 31.4 Å². The van der Waals surface area contributed by atoms with Gasteiger partial charge in [0, 0.05) is 42.8 Å². The van der Waals surface area contributed by atoms with E-state index < -0.39 is 0 Å². The number of rotatable bonds is 5. The summed E-state index contributed by atoms with van der Waals surface area (Å²) >= 11 is 0. The number of fused-ring (bicyclic) bond motifs is 1. The summed E-state index contributed by atoms with van der Waals surface area (Å²) in [7, 11) is 1.93. The number of aromatic nitrogens is 6. The van der Waals surface area contributed by atoms with E-state index in [1.165, 1.54) is 0 Å². The van der Waals surface area contributed by atoms with Gasteiger partial charge in [0.25, 0.3) is 0 Å². The van der Waals surface area contributed by atoms with E-state index in [1.54, 1.807) is 37.4 Å². The molecule has 0 spiro atoms. The van der Waals surface area contributed by atoms with Crippen LogP contribution in [0.15, 0.2) is 49.6 Å². The first-order chi connectivity index (χ1) is 13.0. The van der Waals surface area contributed by atoms with Gasteiger partial charge in [-0.1, -0.05) is 0 Å². The van der Waals surface area contributed by atoms with Gasteiger partial charge in [-0.25, -0.2) is 9.97 Å². The van der Waals surface area contributed by atoms with Gasteiger partial charge in [-0.2, -0.15) is 0 Å². The minimum Gasteiger partial charge on any atom is -0.334 e. The lowest BCUT2D eigenvalue weighted by Gasteiger charge is -2.05. The van der Waals surface area contributed by atoms with Crippen molar-refractivity contribution >= 4 is 16.6 Å². The van der Waals surface area contributed by atoms with Gasteiger partial charge in [0.2, 0.25) is 0 Å². The number of carbonyl (C=O) groups excluding carboxylic acids is 1. The molecule has 7 nitrogen and oxygen atoms in total. The lowest BCUT2D eigenvalue weighted by atomic mass is 10.1. The van der Waals surface area contributed by atoms with Crippen molar-refractivity contribution in [2.24, 2.45) is 7.05 Å². The first-order valence-corrected chi connectivity index (χ1v) is 8.79. The molecule has 4 heterocycles. The molecule has 0 aliphatic rings. The maximum absolute atomic E-state index is 12.5. The van der Waals surface area contributed by atoms with Crippen LogP contribution in [0.1, 0.15) is 36.1 Å². The van der Waals surface area contributed by atoms with Crippen molar-refractivity contribution in [3.8, 4) is 11.4 Å². The van der Waals surface area contributed by atoms with Crippen molar-refractivity contribution in [1.82, 2.24) is 29.1 Å². The highest BCUT2D eigenvalue weighted by Gasteiger charge is 2.13. The molecule has 4 aromatic heterocycles. The number of aryl methyl sites for hydroxylation is 1. The number of Topliss-reactive ketones (excluding diaryl/α,β-unsaturated/α-hetero) is 1. The topological polar surface area (TPSA) is 78.5 Å². The molecule has 0 fully saturated rings. The van der Waals surface area contributed by atoms with Crippen LogP contribution in [0.3, 0.4) is 0 Å². The molecule has 0 unspecified atom stereocenters. The van der Waals surface area contributed by atoms with Crippen molar-refractivity contribution in [2.75, 3.05) is 0 Å². The van der Waals surface area contributed by atoms with E-state index in [9.17, 15) is 4.79 Å². The Morgan fingerprint density at radius 3 is 2.56 bits per heavy atom. The monoisotopic (exact) mass is 360 g/mol. The van der Waals surface area contributed by atoms with Gasteiger partial charge in [0.05, 0.1) is 36.7 Å². The Bertz CT molecular complexity index is 1120. The van der Waals surface area contributed by atoms with Crippen molar-refractivity contribution in [3.05, 3.63) is 61.0 Å². The number of pyridine rings is 2. The van der Waals surface area contributed by atoms with E-state index in [0.717, 1.165) is 22.2 Å². The molecule has 7 heteroatoms. The molecule has 0 radical (unpaired) electrons. The fourth-order valence-corrected chi connectivity index (χ4v) is 2.94. The van der Waals surface area contributed by atoms with Crippen LogP contribution < -0.4 is 0 Å². The first kappa shape index (κ1) is 17.1. The zero-order valence-corrected chi connectivity index (χ0v) is 15.5. The number of hydrogen-bond donors (Lipinski definition) is 0. The number of imidazole rings is 2. The highest BCUT2D eigenvalue weighted by molar-refractivity contribution is 5.96. The third-order valence-corrected chi connectivity index (χ3v) is 4.56. The Kier molecular flexibility index (Phi) is 4.27. The summed E-state index contributed by atoms with van der Waals surface area (Å²) in [5.74, 6) is -0.0397.